The summed E-state index contributed by atoms with van der Waals surface area (Å²) in [6.07, 6.45) is -0.877. The molecule has 0 saturated carbocycles. The zero-order chi connectivity index (χ0) is 16.8. The van der Waals surface area contributed by atoms with Crippen molar-refractivity contribution >= 4 is 17.3 Å². The van der Waals surface area contributed by atoms with Gasteiger partial charge in [-0.3, -0.25) is 4.79 Å². The Bertz CT molecular complexity index is 758. The van der Waals surface area contributed by atoms with Gasteiger partial charge in [-0.1, -0.05) is 0 Å². The van der Waals surface area contributed by atoms with Gasteiger partial charge in [0, 0.05) is 12.7 Å². The fraction of sp³-hybridized carbons (Fsp3) is 0.200. The van der Waals surface area contributed by atoms with E-state index < -0.39 is 18.0 Å². The third-order valence-electron chi connectivity index (χ3n) is 2.96. The molecule has 118 valence electrons. The lowest BCUT2D eigenvalue weighted by molar-refractivity contribution is 0.100. The second-order valence-electron chi connectivity index (χ2n) is 4.48. The number of rotatable bonds is 5. The van der Waals surface area contributed by atoms with Crippen molar-refractivity contribution in [1.29, 1.82) is 5.26 Å². The van der Waals surface area contributed by atoms with Gasteiger partial charge in [0.25, 0.3) is 12.3 Å². The summed E-state index contributed by atoms with van der Waals surface area (Å²) in [6, 6.07) is 6.60. The van der Waals surface area contributed by atoms with E-state index in [0.29, 0.717) is 23.5 Å². The third kappa shape index (κ3) is 3.77. The minimum absolute atomic E-state index is 0.297. The van der Waals surface area contributed by atoms with Crippen LogP contribution in [0.2, 0.25) is 0 Å². The van der Waals surface area contributed by atoms with Crippen LogP contribution in [0.1, 0.15) is 35.0 Å². The zero-order valence-corrected chi connectivity index (χ0v) is 12.2. The van der Waals surface area contributed by atoms with Gasteiger partial charge < -0.3 is 10.6 Å². The van der Waals surface area contributed by atoms with E-state index in [1.807, 2.05) is 13.0 Å². The molecule has 0 aliphatic rings. The Morgan fingerprint density at radius 2 is 2.17 bits per heavy atom. The predicted octanol–water partition coefficient (Wildman–Crippen LogP) is 2.97. The fourth-order valence-corrected chi connectivity index (χ4v) is 1.94. The Balaban J connectivity index is 2.32. The first-order valence-corrected chi connectivity index (χ1v) is 6.74. The van der Waals surface area contributed by atoms with Crippen molar-refractivity contribution in [3.05, 3.63) is 47.5 Å². The van der Waals surface area contributed by atoms with Crippen LogP contribution >= 0.6 is 0 Å². The Morgan fingerprint density at radius 3 is 2.83 bits per heavy atom. The van der Waals surface area contributed by atoms with Crippen LogP contribution in [0.25, 0.3) is 0 Å². The summed E-state index contributed by atoms with van der Waals surface area (Å²) in [4.78, 5) is 19.3. The number of nitriles is 1. The molecule has 0 atom stereocenters. The Morgan fingerprint density at radius 1 is 1.39 bits per heavy atom. The lowest BCUT2D eigenvalue weighted by atomic mass is 10.1. The van der Waals surface area contributed by atoms with E-state index in [4.69, 9.17) is 5.26 Å². The highest BCUT2D eigenvalue weighted by molar-refractivity contribution is 6.06. The first-order valence-electron chi connectivity index (χ1n) is 6.74. The molecule has 2 N–H and O–H groups in total. The Kier molecular flexibility index (Phi) is 5.15. The average Bonchev–Trinajstić information content (AvgIpc) is 2.56. The van der Waals surface area contributed by atoms with Gasteiger partial charge in [-0.15, -0.1) is 0 Å². The van der Waals surface area contributed by atoms with Crippen molar-refractivity contribution in [2.75, 3.05) is 17.2 Å². The number of carbonyl (C=O) groups is 1. The van der Waals surface area contributed by atoms with Gasteiger partial charge in [-0.2, -0.15) is 5.26 Å². The number of alkyl halides is 2. The topological polar surface area (TPSA) is 90.7 Å². The van der Waals surface area contributed by atoms with Crippen molar-refractivity contribution in [1.82, 2.24) is 9.97 Å². The van der Waals surface area contributed by atoms with Crippen LogP contribution in [0.4, 0.5) is 20.2 Å². The normalized spacial score (nSPS) is 10.2. The van der Waals surface area contributed by atoms with Crippen molar-refractivity contribution in [2.24, 2.45) is 0 Å². The molecular formula is C15H13F2N5O. The SMILES string of the molecule is CCNc1cc(C#N)ccc1NC(=O)c1cncnc1C(F)F. The van der Waals surface area contributed by atoms with Gasteiger partial charge in [0.2, 0.25) is 0 Å². The van der Waals surface area contributed by atoms with Gasteiger partial charge >= 0.3 is 0 Å². The lowest BCUT2D eigenvalue weighted by Crippen LogP contribution is -2.17. The largest absolute Gasteiger partial charge is 0.384 e. The number of anilines is 2. The molecule has 0 radical (unpaired) electrons. The number of aromatic nitrogens is 2. The Labute approximate surface area is 131 Å². The molecule has 0 saturated heterocycles. The minimum Gasteiger partial charge on any atom is -0.384 e. The monoisotopic (exact) mass is 317 g/mol. The van der Waals surface area contributed by atoms with E-state index in [9.17, 15) is 13.6 Å². The van der Waals surface area contributed by atoms with Gasteiger partial charge in [-0.25, -0.2) is 18.7 Å². The number of halogens is 2. The van der Waals surface area contributed by atoms with Crippen molar-refractivity contribution < 1.29 is 13.6 Å². The Hall–Kier alpha value is -3.08. The number of amides is 1. The van der Waals surface area contributed by atoms with E-state index in [0.717, 1.165) is 12.5 Å². The minimum atomic E-state index is -2.88. The summed E-state index contributed by atoms with van der Waals surface area (Å²) in [6.45, 7) is 2.42. The van der Waals surface area contributed by atoms with Crippen LogP contribution in [-0.4, -0.2) is 22.4 Å². The molecule has 0 fully saturated rings. The maximum Gasteiger partial charge on any atom is 0.281 e. The standard InChI is InChI=1S/C15H13F2N5O/c1-2-20-12-5-9(6-18)3-4-11(12)22-15(23)10-7-19-8-21-13(10)14(16)17/h3-5,7-8,14,20H,2H2,1H3,(H,22,23). The van der Waals surface area contributed by atoms with Crippen LogP contribution in [0, 0.1) is 11.3 Å². The predicted molar refractivity (Wildman–Crippen MR) is 80.3 cm³/mol. The molecule has 2 rings (SSSR count). The maximum absolute atomic E-state index is 12.9. The molecule has 6 nitrogen and oxygen atoms in total. The highest BCUT2D eigenvalue weighted by Crippen LogP contribution is 2.25. The number of nitrogens with one attached hydrogen (secondary N) is 2. The summed E-state index contributed by atoms with van der Waals surface area (Å²) < 4.78 is 25.8. The van der Waals surface area contributed by atoms with Gasteiger partial charge in [0.05, 0.1) is 28.6 Å². The third-order valence-corrected chi connectivity index (χ3v) is 2.96. The van der Waals surface area contributed by atoms with E-state index >= 15 is 0 Å². The summed E-state index contributed by atoms with van der Waals surface area (Å²) in [7, 11) is 0. The van der Waals surface area contributed by atoms with Crippen LogP contribution < -0.4 is 10.6 Å². The highest BCUT2D eigenvalue weighted by Gasteiger charge is 2.20. The van der Waals surface area contributed by atoms with Crippen LogP contribution in [-0.2, 0) is 0 Å². The summed E-state index contributed by atoms with van der Waals surface area (Å²) in [5, 5.41) is 14.4. The van der Waals surface area contributed by atoms with Crippen LogP contribution in [0.15, 0.2) is 30.7 Å². The molecule has 0 unspecified atom stereocenters. The first kappa shape index (κ1) is 16.3. The second-order valence-corrected chi connectivity index (χ2v) is 4.48. The quantitative estimate of drug-likeness (QED) is 0.884. The molecule has 0 aliphatic heterocycles. The first-order chi connectivity index (χ1) is 11.1. The van der Waals surface area contributed by atoms with Crippen LogP contribution in [0.3, 0.4) is 0 Å². The molecule has 0 spiro atoms. The molecule has 2 aromatic rings. The van der Waals surface area contributed by atoms with E-state index in [-0.39, 0.29) is 5.56 Å². The average molecular weight is 317 g/mol. The van der Waals surface area contributed by atoms with E-state index in [1.54, 1.807) is 6.07 Å². The number of benzene rings is 1. The van der Waals surface area contributed by atoms with Gasteiger partial charge in [-0.05, 0) is 25.1 Å². The highest BCUT2D eigenvalue weighted by atomic mass is 19.3. The maximum atomic E-state index is 12.9. The lowest BCUT2D eigenvalue weighted by Gasteiger charge is -2.13. The molecule has 1 heterocycles. The van der Waals surface area contributed by atoms with E-state index in [1.165, 1.54) is 12.1 Å². The van der Waals surface area contributed by atoms with Gasteiger partial charge in [0.15, 0.2) is 0 Å². The van der Waals surface area contributed by atoms with Crippen molar-refractivity contribution in [3.63, 3.8) is 0 Å². The zero-order valence-electron chi connectivity index (χ0n) is 12.2. The summed E-state index contributed by atoms with van der Waals surface area (Å²) >= 11 is 0. The van der Waals surface area contributed by atoms with E-state index in [2.05, 4.69) is 20.6 Å². The van der Waals surface area contributed by atoms with Crippen LogP contribution in [0.5, 0.6) is 0 Å². The fourth-order valence-electron chi connectivity index (χ4n) is 1.94. The van der Waals surface area contributed by atoms with Crippen molar-refractivity contribution in [3.8, 4) is 6.07 Å². The molecule has 1 aromatic heterocycles. The molecular weight excluding hydrogens is 304 g/mol. The summed E-state index contributed by atoms with van der Waals surface area (Å²) in [5.74, 6) is -0.746. The second kappa shape index (κ2) is 7.26. The van der Waals surface area contributed by atoms with Gasteiger partial charge in [0.1, 0.15) is 12.0 Å². The molecule has 1 aromatic carbocycles. The number of carbonyl (C=O) groups excluding carboxylic acids is 1. The number of hydrogen-bond donors (Lipinski definition) is 2. The number of hydrogen-bond acceptors (Lipinski definition) is 5. The molecule has 1 amide bonds. The smallest absolute Gasteiger partial charge is 0.281 e. The molecule has 0 aliphatic carbocycles. The molecule has 8 heteroatoms. The summed E-state index contributed by atoms with van der Waals surface area (Å²) in [5.41, 5.74) is 0.385. The number of nitrogens with zero attached hydrogens (tertiary/aromatic N) is 3. The molecule has 0 bridgehead atoms. The molecule has 23 heavy (non-hydrogen) atoms. The van der Waals surface area contributed by atoms with Crippen molar-refractivity contribution in [2.45, 2.75) is 13.3 Å².